The van der Waals surface area contributed by atoms with Gasteiger partial charge in [0.05, 0.1) is 6.61 Å². The van der Waals surface area contributed by atoms with Crippen molar-refractivity contribution in [2.75, 3.05) is 19.7 Å². The van der Waals surface area contributed by atoms with Gasteiger partial charge in [-0.15, -0.1) is 0 Å². The number of aldehydes is 1. The number of halogens is 3. The van der Waals surface area contributed by atoms with Gasteiger partial charge < -0.3 is 14.8 Å². The largest absolute Gasteiger partial charge is 0.368 e. The number of carbonyl (C=O) groups excluding carboxylic acids is 1. The molecule has 8 heteroatoms. The third-order valence-corrected chi connectivity index (χ3v) is 1.11. The number of rotatable bonds is 1. The Bertz CT molecular complexity index is 183. The van der Waals surface area contributed by atoms with Crippen molar-refractivity contribution in [2.24, 2.45) is 0 Å². The van der Waals surface area contributed by atoms with Gasteiger partial charge in [-0.1, -0.05) is 0 Å². The van der Waals surface area contributed by atoms with E-state index in [1.165, 1.54) is 0 Å². The molecule has 1 aliphatic rings. The number of ether oxygens (including phenoxy) is 1. The van der Waals surface area contributed by atoms with E-state index in [2.05, 4.69) is 39.0 Å². The summed E-state index contributed by atoms with van der Waals surface area (Å²) in [5, 5.41) is -0.193. The highest BCUT2D eigenvalue weighted by Gasteiger charge is 2.09. The van der Waals surface area contributed by atoms with Crippen molar-refractivity contribution in [3.05, 3.63) is 0 Å². The van der Waals surface area contributed by atoms with Crippen molar-refractivity contribution in [3.63, 3.8) is 0 Å². The van der Waals surface area contributed by atoms with Crippen LogP contribution in [0.25, 0.3) is 0 Å². The molecule has 0 bridgehead atoms. The van der Waals surface area contributed by atoms with Crippen LogP contribution in [0.15, 0.2) is 0 Å². The van der Waals surface area contributed by atoms with E-state index in [9.17, 15) is 9.36 Å². The van der Waals surface area contributed by atoms with Crippen LogP contribution in [0.3, 0.4) is 0 Å². The lowest BCUT2D eigenvalue weighted by molar-refractivity contribution is -0.119. The number of nitrogens with one attached hydrogen (secondary N) is 1. The third kappa shape index (κ3) is 12.7. The number of morpholine rings is 1. The first kappa shape index (κ1) is 13.7. The predicted octanol–water partition coefficient (Wildman–Crippen LogP) is 1.98. The molecular weight excluding hydrogens is 259 g/mol. The quantitative estimate of drug-likeness (QED) is 0.584. The molecule has 0 aromatic rings. The minimum absolute atomic E-state index is 0.205. The number of hydrogen-bond donors (Lipinski definition) is 1. The topological polar surface area (TPSA) is 55.4 Å². The Balaban J connectivity index is 0.000000252. The zero-order chi connectivity index (χ0) is 10.3. The molecule has 1 saturated heterocycles. The summed E-state index contributed by atoms with van der Waals surface area (Å²) in [4.78, 5) is 9.99. The zero-order valence-electron chi connectivity index (χ0n) is 6.58. The van der Waals surface area contributed by atoms with E-state index in [0.717, 1.165) is 12.8 Å². The van der Waals surface area contributed by atoms with Gasteiger partial charge in [-0.25, -0.2) is 0 Å². The maximum Gasteiger partial charge on any atom is 0.339 e. The lowest BCUT2D eigenvalue weighted by Gasteiger charge is -2.17. The smallest absolute Gasteiger partial charge is 0.339 e. The Hall–Kier alpha value is 0.690. The first-order valence-electron chi connectivity index (χ1n) is 3.40. The van der Waals surface area contributed by atoms with Crippen LogP contribution in [0.2, 0.25) is 0 Å². The van der Waals surface area contributed by atoms with E-state index in [1.54, 1.807) is 0 Å². The Labute approximate surface area is 90.6 Å². The highest BCUT2D eigenvalue weighted by Crippen LogP contribution is 2.61. The summed E-state index contributed by atoms with van der Waals surface area (Å²) in [6.45, 7) is 2.19. The van der Waals surface area contributed by atoms with Gasteiger partial charge >= 0.3 is 5.20 Å². The van der Waals surface area contributed by atoms with E-state index in [-0.39, 0.29) is 6.10 Å². The average Bonchev–Trinajstić information content (AvgIpc) is 2.03. The summed E-state index contributed by atoms with van der Waals surface area (Å²) >= 11 is 13.8. The lowest BCUT2D eigenvalue weighted by atomic mass is 10.3. The molecule has 13 heavy (non-hydrogen) atoms. The molecule has 0 radical (unpaired) electrons. The molecule has 1 heterocycles. The molecule has 0 spiro atoms. The van der Waals surface area contributed by atoms with Gasteiger partial charge in [-0.2, -0.15) is 0 Å². The van der Waals surface area contributed by atoms with Crippen molar-refractivity contribution >= 4 is 45.2 Å². The summed E-state index contributed by atoms with van der Waals surface area (Å²) in [6, 6.07) is 0. The van der Waals surface area contributed by atoms with Gasteiger partial charge in [-0.3, -0.25) is 4.57 Å². The highest BCUT2D eigenvalue weighted by atomic mass is 36.0. The molecule has 0 aromatic heterocycles. The van der Waals surface area contributed by atoms with Crippen LogP contribution >= 0.6 is 38.9 Å². The van der Waals surface area contributed by atoms with Crippen molar-refractivity contribution in [3.8, 4) is 0 Å². The maximum atomic E-state index is 9.99. The molecule has 1 aliphatic heterocycles. The molecule has 4 nitrogen and oxygen atoms in total. The summed E-state index contributed by atoms with van der Waals surface area (Å²) in [5.41, 5.74) is 0. The second kappa shape index (κ2) is 7.04. The van der Waals surface area contributed by atoms with Crippen LogP contribution in [-0.2, 0) is 14.1 Å². The van der Waals surface area contributed by atoms with Crippen molar-refractivity contribution in [1.29, 1.82) is 0 Å². The first-order valence-corrected chi connectivity index (χ1v) is 7.82. The second-order valence-electron chi connectivity index (χ2n) is 2.15. The molecule has 1 N–H and O–H groups in total. The Morgan fingerprint density at radius 2 is 2.00 bits per heavy atom. The fourth-order valence-corrected chi connectivity index (χ4v) is 0.673. The molecule has 1 fully saturated rings. The summed E-state index contributed by atoms with van der Waals surface area (Å²) in [7, 11) is 0. The molecule has 1 atom stereocenters. The predicted molar refractivity (Wildman–Crippen MR) is 53.8 cm³/mol. The molecule has 0 aromatic carbocycles. The Morgan fingerprint density at radius 1 is 1.46 bits per heavy atom. The second-order valence-corrected chi connectivity index (χ2v) is 8.79. The van der Waals surface area contributed by atoms with Gasteiger partial charge in [0, 0.05) is 13.1 Å². The lowest BCUT2D eigenvalue weighted by Crippen LogP contribution is -2.39. The maximum absolute atomic E-state index is 9.99. The van der Waals surface area contributed by atoms with Gasteiger partial charge in [0.25, 0.3) is 0 Å². The van der Waals surface area contributed by atoms with Crippen LogP contribution in [0.1, 0.15) is 0 Å². The van der Waals surface area contributed by atoms with Gasteiger partial charge in [0.15, 0.2) is 0 Å². The van der Waals surface area contributed by atoms with Gasteiger partial charge in [0.2, 0.25) is 0 Å². The molecule has 0 aliphatic carbocycles. The van der Waals surface area contributed by atoms with Crippen LogP contribution < -0.4 is 5.32 Å². The minimum atomic E-state index is -3.22. The van der Waals surface area contributed by atoms with E-state index < -0.39 is 5.20 Å². The average molecular weight is 268 g/mol. The van der Waals surface area contributed by atoms with E-state index in [4.69, 9.17) is 4.74 Å². The fourth-order valence-electron chi connectivity index (χ4n) is 0.673. The molecule has 0 saturated carbocycles. The normalized spacial score (nSPS) is 22.8. The standard InChI is InChI=1S/C5H9NO2.Cl3OP/c7-4-5-3-6-1-2-8-5;1-5(2,3)4/h4-6H,1-3H2;. The van der Waals surface area contributed by atoms with Crippen LogP contribution in [0.4, 0.5) is 0 Å². The van der Waals surface area contributed by atoms with Crippen LogP contribution in [-0.4, -0.2) is 32.1 Å². The summed E-state index contributed by atoms with van der Waals surface area (Å²) in [6.07, 6.45) is 0.621. The van der Waals surface area contributed by atoms with Crippen LogP contribution in [0.5, 0.6) is 0 Å². The Morgan fingerprint density at radius 3 is 2.23 bits per heavy atom. The van der Waals surface area contributed by atoms with Gasteiger partial charge in [0.1, 0.15) is 12.4 Å². The third-order valence-electron chi connectivity index (χ3n) is 1.11. The molecule has 78 valence electrons. The molecule has 1 rings (SSSR count). The van der Waals surface area contributed by atoms with Crippen molar-refractivity contribution in [1.82, 2.24) is 5.32 Å². The van der Waals surface area contributed by atoms with E-state index in [0.29, 0.717) is 13.2 Å². The molecule has 1 unspecified atom stereocenters. The molecule has 0 amide bonds. The minimum Gasteiger partial charge on any atom is -0.368 e. The SMILES string of the molecule is O=CC1CNCCO1.O=P(Cl)(Cl)Cl. The van der Waals surface area contributed by atoms with Crippen molar-refractivity contribution < 1.29 is 14.1 Å². The van der Waals surface area contributed by atoms with E-state index >= 15 is 0 Å². The zero-order valence-corrected chi connectivity index (χ0v) is 9.74. The van der Waals surface area contributed by atoms with E-state index in [1.807, 2.05) is 0 Å². The fraction of sp³-hybridized carbons (Fsp3) is 0.800. The number of hydrogen-bond acceptors (Lipinski definition) is 4. The van der Waals surface area contributed by atoms with Crippen LogP contribution in [0, 0.1) is 0 Å². The van der Waals surface area contributed by atoms with Gasteiger partial charge in [-0.05, 0) is 33.7 Å². The monoisotopic (exact) mass is 267 g/mol. The van der Waals surface area contributed by atoms with Crippen molar-refractivity contribution in [2.45, 2.75) is 6.10 Å². The molecular formula is C5H9Cl3NO3P. The highest BCUT2D eigenvalue weighted by molar-refractivity contribution is 8.24. The summed E-state index contributed by atoms with van der Waals surface area (Å²) < 4.78 is 14.5. The summed E-state index contributed by atoms with van der Waals surface area (Å²) in [5.74, 6) is 0. The number of carbonyl (C=O) groups is 1. The Kier molecular flexibility index (Phi) is 7.42. The first-order chi connectivity index (χ1) is 5.93.